The van der Waals surface area contributed by atoms with Crippen LogP contribution in [-0.4, -0.2) is 23.9 Å². The average molecular weight is 276 g/mol. The van der Waals surface area contributed by atoms with Gasteiger partial charge in [-0.15, -0.1) is 11.3 Å². The number of carbonyl (C=O) groups is 1. The van der Waals surface area contributed by atoms with Crippen molar-refractivity contribution in [2.75, 3.05) is 18.8 Å². The predicted molar refractivity (Wildman–Crippen MR) is 82.8 cm³/mol. The second-order valence-electron chi connectivity index (χ2n) is 4.68. The maximum Gasteiger partial charge on any atom is 0.266 e. The van der Waals surface area contributed by atoms with E-state index in [1.165, 1.54) is 16.9 Å². The van der Waals surface area contributed by atoms with Gasteiger partial charge in [-0.3, -0.25) is 4.79 Å². The molecule has 3 nitrogen and oxygen atoms in total. The summed E-state index contributed by atoms with van der Waals surface area (Å²) in [6.07, 6.45) is 0.962. The number of benzene rings is 1. The van der Waals surface area contributed by atoms with E-state index in [9.17, 15) is 4.79 Å². The molecular weight excluding hydrogens is 256 g/mol. The highest BCUT2D eigenvalue weighted by molar-refractivity contribution is 7.21. The van der Waals surface area contributed by atoms with E-state index in [4.69, 9.17) is 5.73 Å². The minimum atomic E-state index is 0.0578. The van der Waals surface area contributed by atoms with Gasteiger partial charge in [-0.05, 0) is 25.8 Å². The summed E-state index contributed by atoms with van der Waals surface area (Å²) < 4.78 is 1.12. The number of amides is 1. The Morgan fingerprint density at radius 1 is 1.37 bits per heavy atom. The highest BCUT2D eigenvalue weighted by Crippen LogP contribution is 2.36. The van der Waals surface area contributed by atoms with Crippen LogP contribution in [0.2, 0.25) is 0 Å². The first-order chi connectivity index (χ1) is 9.10. The van der Waals surface area contributed by atoms with Crippen molar-refractivity contribution in [3.63, 3.8) is 0 Å². The smallest absolute Gasteiger partial charge is 0.266 e. The van der Waals surface area contributed by atoms with Gasteiger partial charge in [0, 0.05) is 23.2 Å². The second kappa shape index (κ2) is 5.61. The third kappa shape index (κ3) is 2.45. The summed E-state index contributed by atoms with van der Waals surface area (Å²) in [5.74, 6) is 0.0578. The van der Waals surface area contributed by atoms with E-state index in [-0.39, 0.29) is 5.91 Å². The Bertz CT molecular complexity index is 603. The third-order valence-electron chi connectivity index (χ3n) is 3.31. The van der Waals surface area contributed by atoms with Crippen LogP contribution in [0.4, 0.5) is 5.69 Å². The first-order valence-corrected chi connectivity index (χ1v) is 7.48. The third-order valence-corrected chi connectivity index (χ3v) is 4.65. The summed E-state index contributed by atoms with van der Waals surface area (Å²) >= 11 is 1.51. The number of aryl methyl sites for hydroxylation is 1. The van der Waals surface area contributed by atoms with Gasteiger partial charge in [0.25, 0.3) is 5.91 Å². The topological polar surface area (TPSA) is 46.3 Å². The van der Waals surface area contributed by atoms with Crippen molar-refractivity contribution in [1.29, 1.82) is 0 Å². The minimum absolute atomic E-state index is 0.0578. The van der Waals surface area contributed by atoms with Crippen molar-refractivity contribution >= 4 is 33.0 Å². The number of thiophene rings is 1. The van der Waals surface area contributed by atoms with E-state index in [0.717, 1.165) is 29.6 Å². The maximum absolute atomic E-state index is 12.5. The Hall–Kier alpha value is -1.55. The van der Waals surface area contributed by atoms with Crippen molar-refractivity contribution < 1.29 is 4.79 Å². The molecule has 1 heterocycles. The fourth-order valence-corrected chi connectivity index (χ4v) is 3.41. The molecule has 4 heteroatoms. The molecule has 0 aliphatic heterocycles. The Morgan fingerprint density at radius 2 is 2.11 bits per heavy atom. The second-order valence-corrected chi connectivity index (χ2v) is 5.70. The molecule has 0 aliphatic rings. The van der Waals surface area contributed by atoms with Crippen molar-refractivity contribution in [2.24, 2.45) is 0 Å². The number of carbonyl (C=O) groups excluding carboxylic acids is 1. The lowest BCUT2D eigenvalue weighted by molar-refractivity contribution is 0.0770. The van der Waals surface area contributed by atoms with Crippen LogP contribution >= 0.6 is 11.3 Å². The summed E-state index contributed by atoms with van der Waals surface area (Å²) in [6.45, 7) is 7.63. The zero-order valence-electron chi connectivity index (χ0n) is 11.7. The van der Waals surface area contributed by atoms with E-state index in [0.29, 0.717) is 10.6 Å². The van der Waals surface area contributed by atoms with Crippen LogP contribution in [0, 0.1) is 6.92 Å². The molecule has 0 fully saturated rings. The monoisotopic (exact) mass is 276 g/mol. The summed E-state index contributed by atoms with van der Waals surface area (Å²) in [7, 11) is 0. The molecule has 1 aromatic carbocycles. The molecule has 0 saturated carbocycles. The van der Waals surface area contributed by atoms with Crippen LogP contribution in [0.5, 0.6) is 0 Å². The molecule has 2 aromatic rings. The summed E-state index contributed by atoms with van der Waals surface area (Å²) in [6, 6.07) is 6.02. The van der Waals surface area contributed by atoms with Gasteiger partial charge < -0.3 is 10.6 Å². The Kier molecular flexibility index (Phi) is 4.10. The zero-order valence-corrected chi connectivity index (χ0v) is 12.5. The molecule has 0 aliphatic carbocycles. The van der Waals surface area contributed by atoms with Crippen molar-refractivity contribution in [1.82, 2.24) is 4.90 Å². The van der Waals surface area contributed by atoms with Crippen molar-refractivity contribution in [3.05, 3.63) is 28.6 Å². The van der Waals surface area contributed by atoms with Crippen LogP contribution < -0.4 is 5.73 Å². The average Bonchev–Trinajstić information content (AvgIpc) is 2.74. The number of rotatable bonds is 4. The minimum Gasteiger partial charge on any atom is -0.397 e. The number of fused-ring (bicyclic) bond motifs is 1. The number of nitrogens with two attached hydrogens (primary N) is 1. The molecule has 102 valence electrons. The van der Waals surface area contributed by atoms with Crippen LogP contribution in [0.1, 0.15) is 35.5 Å². The number of hydrogen-bond donors (Lipinski definition) is 1. The van der Waals surface area contributed by atoms with Gasteiger partial charge in [-0.1, -0.05) is 25.1 Å². The molecule has 0 atom stereocenters. The molecule has 2 rings (SSSR count). The quantitative estimate of drug-likeness (QED) is 0.926. The van der Waals surface area contributed by atoms with Gasteiger partial charge >= 0.3 is 0 Å². The Morgan fingerprint density at radius 3 is 2.68 bits per heavy atom. The molecule has 0 unspecified atom stereocenters. The number of hydrogen-bond acceptors (Lipinski definition) is 3. The van der Waals surface area contributed by atoms with Gasteiger partial charge in [-0.25, -0.2) is 0 Å². The molecule has 0 saturated heterocycles. The summed E-state index contributed by atoms with van der Waals surface area (Å²) in [4.78, 5) is 15.1. The summed E-state index contributed by atoms with van der Waals surface area (Å²) in [5, 5.41) is 1.00. The highest BCUT2D eigenvalue weighted by Gasteiger charge is 2.21. The van der Waals surface area contributed by atoms with Crippen LogP contribution in [0.15, 0.2) is 18.2 Å². The fraction of sp³-hybridized carbons (Fsp3) is 0.400. The fourth-order valence-electron chi connectivity index (χ4n) is 2.26. The number of nitrogens with zero attached hydrogens (tertiary/aromatic N) is 1. The van der Waals surface area contributed by atoms with Gasteiger partial charge in [0.1, 0.15) is 4.88 Å². The lowest BCUT2D eigenvalue weighted by atomic mass is 10.1. The van der Waals surface area contributed by atoms with E-state index >= 15 is 0 Å². The zero-order chi connectivity index (χ0) is 14.0. The lowest BCUT2D eigenvalue weighted by Crippen LogP contribution is -2.31. The largest absolute Gasteiger partial charge is 0.397 e. The SMILES string of the molecule is CCCN(CC)C(=O)c1sc2c(C)cccc2c1N. The van der Waals surface area contributed by atoms with Gasteiger partial charge in [0.15, 0.2) is 0 Å². The van der Waals surface area contributed by atoms with Crippen LogP contribution in [0.3, 0.4) is 0 Å². The van der Waals surface area contributed by atoms with Crippen molar-refractivity contribution in [3.8, 4) is 0 Å². The first kappa shape index (κ1) is 13.9. The van der Waals surface area contributed by atoms with Crippen molar-refractivity contribution in [2.45, 2.75) is 27.2 Å². The standard InChI is InChI=1S/C15H20N2OS/c1-4-9-17(5-2)15(18)14-12(16)11-8-6-7-10(3)13(11)19-14/h6-8H,4-5,9,16H2,1-3H3. The maximum atomic E-state index is 12.5. The number of nitrogen functional groups attached to an aromatic ring is 1. The summed E-state index contributed by atoms with van der Waals surface area (Å²) in [5.41, 5.74) is 7.96. The van der Waals surface area contributed by atoms with E-state index < -0.39 is 0 Å². The van der Waals surface area contributed by atoms with Crippen LogP contribution in [0.25, 0.3) is 10.1 Å². The highest BCUT2D eigenvalue weighted by atomic mass is 32.1. The van der Waals surface area contributed by atoms with Crippen LogP contribution in [-0.2, 0) is 0 Å². The number of anilines is 1. The van der Waals surface area contributed by atoms with Gasteiger partial charge in [-0.2, -0.15) is 0 Å². The van der Waals surface area contributed by atoms with Gasteiger partial charge in [0.2, 0.25) is 0 Å². The molecule has 0 bridgehead atoms. The predicted octanol–water partition coefficient (Wildman–Crippen LogP) is 3.66. The lowest BCUT2D eigenvalue weighted by Gasteiger charge is -2.19. The molecular formula is C15H20N2OS. The van der Waals surface area contributed by atoms with E-state index in [2.05, 4.69) is 19.9 Å². The normalized spacial score (nSPS) is 10.9. The Balaban J connectivity index is 2.48. The molecule has 0 radical (unpaired) electrons. The molecule has 1 amide bonds. The first-order valence-electron chi connectivity index (χ1n) is 6.67. The Labute approximate surface area is 118 Å². The molecule has 0 spiro atoms. The molecule has 19 heavy (non-hydrogen) atoms. The molecule has 2 N–H and O–H groups in total. The molecule has 1 aromatic heterocycles. The van der Waals surface area contributed by atoms with E-state index in [1.807, 2.05) is 24.0 Å². The van der Waals surface area contributed by atoms with E-state index in [1.54, 1.807) is 0 Å². The van der Waals surface area contributed by atoms with Gasteiger partial charge in [0.05, 0.1) is 5.69 Å².